The molecule has 0 aromatic rings. The average Bonchev–Trinajstić information content (AvgIpc) is 2.75. The number of likely N-dealkylation sites (tertiary alicyclic amines) is 2. The first-order valence-electron chi connectivity index (χ1n) is 6.41. The molecule has 18 heavy (non-hydrogen) atoms. The van der Waals surface area contributed by atoms with Crippen LogP contribution in [0.4, 0.5) is 4.79 Å². The first-order valence-corrected chi connectivity index (χ1v) is 6.41. The van der Waals surface area contributed by atoms with Crippen molar-refractivity contribution in [2.75, 3.05) is 19.6 Å². The summed E-state index contributed by atoms with van der Waals surface area (Å²) in [6, 6.07) is -0.954. The van der Waals surface area contributed by atoms with E-state index in [-0.39, 0.29) is 12.6 Å². The van der Waals surface area contributed by atoms with Gasteiger partial charge in [0.25, 0.3) is 0 Å². The van der Waals surface area contributed by atoms with Crippen LogP contribution in [0.2, 0.25) is 0 Å². The zero-order chi connectivity index (χ0) is 13.3. The number of piperidine rings is 1. The van der Waals surface area contributed by atoms with Gasteiger partial charge in [-0.05, 0) is 32.6 Å². The molecule has 2 saturated heterocycles. The fourth-order valence-corrected chi connectivity index (χ4v) is 2.82. The Morgan fingerprint density at radius 3 is 2.61 bits per heavy atom. The normalized spacial score (nSPS) is 32.7. The Labute approximate surface area is 106 Å². The number of aliphatic hydroxyl groups is 1. The molecule has 2 rings (SSSR count). The molecule has 2 amide bonds. The highest BCUT2D eigenvalue weighted by Gasteiger charge is 2.39. The summed E-state index contributed by atoms with van der Waals surface area (Å²) in [7, 11) is 0. The molecule has 0 spiro atoms. The lowest BCUT2D eigenvalue weighted by Crippen LogP contribution is -2.54. The van der Waals surface area contributed by atoms with Crippen LogP contribution in [0.25, 0.3) is 0 Å². The minimum Gasteiger partial charge on any atom is -0.480 e. The highest BCUT2D eigenvalue weighted by molar-refractivity contribution is 5.83. The molecule has 0 aromatic carbocycles. The van der Waals surface area contributed by atoms with Crippen molar-refractivity contribution in [2.24, 2.45) is 0 Å². The van der Waals surface area contributed by atoms with Crippen molar-refractivity contribution in [3.63, 3.8) is 0 Å². The Morgan fingerprint density at radius 2 is 2.00 bits per heavy atom. The molecule has 0 aliphatic carbocycles. The van der Waals surface area contributed by atoms with E-state index in [0.717, 1.165) is 12.8 Å². The van der Waals surface area contributed by atoms with Crippen LogP contribution in [0.5, 0.6) is 0 Å². The standard InChI is InChI=1S/C12H20N2O4/c1-12(18)5-3-6-13(8-12)11(17)14-7-2-4-9(14)10(15)16/h9,18H,2-8H2,1H3,(H,15,16). The van der Waals surface area contributed by atoms with Gasteiger partial charge in [-0.3, -0.25) is 0 Å². The van der Waals surface area contributed by atoms with Crippen molar-refractivity contribution < 1.29 is 19.8 Å². The summed E-state index contributed by atoms with van der Waals surface area (Å²) in [6.07, 6.45) is 2.68. The number of rotatable bonds is 1. The smallest absolute Gasteiger partial charge is 0.326 e. The van der Waals surface area contributed by atoms with Gasteiger partial charge in [-0.25, -0.2) is 9.59 Å². The predicted octanol–water partition coefficient (Wildman–Crippen LogP) is 0.502. The van der Waals surface area contributed by atoms with E-state index in [1.807, 2.05) is 0 Å². The zero-order valence-corrected chi connectivity index (χ0v) is 10.6. The Bertz CT molecular complexity index is 356. The highest BCUT2D eigenvalue weighted by atomic mass is 16.4. The molecule has 0 radical (unpaired) electrons. The maximum atomic E-state index is 12.3. The largest absolute Gasteiger partial charge is 0.480 e. The average molecular weight is 256 g/mol. The van der Waals surface area contributed by atoms with Crippen molar-refractivity contribution in [2.45, 2.75) is 44.2 Å². The molecule has 6 nitrogen and oxygen atoms in total. The third-order valence-corrected chi connectivity index (χ3v) is 3.73. The molecule has 2 unspecified atom stereocenters. The topological polar surface area (TPSA) is 81.1 Å². The maximum absolute atomic E-state index is 12.3. The number of nitrogens with zero attached hydrogens (tertiary/aromatic N) is 2. The van der Waals surface area contributed by atoms with E-state index in [0.29, 0.717) is 25.9 Å². The summed E-state index contributed by atoms with van der Waals surface area (Å²) in [4.78, 5) is 26.3. The Kier molecular flexibility index (Phi) is 3.47. The Balaban J connectivity index is 2.04. The van der Waals surface area contributed by atoms with E-state index in [1.54, 1.807) is 11.8 Å². The van der Waals surface area contributed by atoms with Crippen molar-refractivity contribution in [1.29, 1.82) is 0 Å². The monoisotopic (exact) mass is 256 g/mol. The summed E-state index contributed by atoms with van der Waals surface area (Å²) in [6.45, 7) is 3.09. The van der Waals surface area contributed by atoms with Gasteiger partial charge in [-0.15, -0.1) is 0 Å². The number of hydrogen-bond donors (Lipinski definition) is 2. The molecule has 2 atom stereocenters. The summed E-state index contributed by atoms with van der Waals surface area (Å²) in [5, 5.41) is 19.1. The van der Waals surface area contributed by atoms with Crippen LogP contribution in [-0.2, 0) is 4.79 Å². The Morgan fingerprint density at radius 1 is 1.28 bits per heavy atom. The van der Waals surface area contributed by atoms with Crippen molar-refractivity contribution in [3.8, 4) is 0 Å². The van der Waals surface area contributed by atoms with Gasteiger partial charge < -0.3 is 20.0 Å². The molecule has 2 fully saturated rings. The number of hydrogen-bond acceptors (Lipinski definition) is 3. The van der Waals surface area contributed by atoms with Gasteiger partial charge in [0, 0.05) is 13.1 Å². The lowest BCUT2D eigenvalue weighted by Gasteiger charge is -2.39. The van der Waals surface area contributed by atoms with Gasteiger partial charge in [-0.1, -0.05) is 0 Å². The van der Waals surface area contributed by atoms with E-state index in [2.05, 4.69) is 0 Å². The van der Waals surface area contributed by atoms with Crippen molar-refractivity contribution in [3.05, 3.63) is 0 Å². The van der Waals surface area contributed by atoms with E-state index in [9.17, 15) is 14.7 Å². The van der Waals surface area contributed by atoms with E-state index >= 15 is 0 Å². The van der Waals surface area contributed by atoms with Crippen molar-refractivity contribution >= 4 is 12.0 Å². The maximum Gasteiger partial charge on any atom is 0.326 e. The minimum atomic E-state index is -0.940. The molecule has 0 aromatic heterocycles. The second kappa shape index (κ2) is 4.76. The third kappa shape index (κ3) is 2.58. The number of amides is 2. The molecular formula is C12H20N2O4. The van der Waals surface area contributed by atoms with Crippen LogP contribution >= 0.6 is 0 Å². The van der Waals surface area contributed by atoms with Gasteiger partial charge in [-0.2, -0.15) is 0 Å². The lowest BCUT2D eigenvalue weighted by atomic mass is 9.95. The second-order valence-electron chi connectivity index (χ2n) is 5.49. The van der Waals surface area contributed by atoms with Crippen LogP contribution in [0.1, 0.15) is 32.6 Å². The van der Waals surface area contributed by atoms with Crippen LogP contribution in [-0.4, -0.2) is 63.3 Å². The fourth-order valence-electron chi connectivity index (χ4n) is 2.82. The molecular weight excluding hydrogens is 236 g/mol. The fraction of sp³-hybridized carbons (Fsp3) is 0.833. The number of urea groups is 1. The molecule has 2 N–H and O–H groups in total. The number of aliphatic carboxylic acids is 1. The Hall–Kier alpha value is -1.30. The van der Waals surface area contributed by atoms with Crippen LogP contribution in [0.15, 0.2) is 0 Å². The first-order chi connectivity index (χ1) is 8.41. The highest BCUT2D eigenvalue weighted by Crippen LogP contribution is 2.24. The van der Waals surface area contributed by atoms with Crippen LogP contribution in [0.3, 0.4) is 0 Å². The summed E-state index contributed by atoms with van der Waals surface area (Å²) in [5.41, 5.74) is -0.855. The third-order valence-electron chi connectivity index (χ3n) is 3.73. The number of carbonyl (C=O) groups excluding carboxylic acids is 1. The van der Waals surface area contributed by atoms with E-state index < -0.39 is 17.6 Å². The van der Waals surface area contributed by atoms with Crippen LogP contribution in [0, 0.1) is 0 Å². The lowest BCUT2D eigenvalue weighted by molar-refractivity contribution is -0.141. The van der Waals surface area contributed by atoms with Gasteiger partial charge in [0.1, 0.15) is 6.04 Å². The quantitative estimate of drug-likeness (QED) is 0.716. The SMILES string of the molecule is CC1(O)CCCN(C(=O)N2CCCC2C(=O)O)C1. The van der Waals surface area contributed by atoms with E-state index in [4.69, 9.17) is 5.11 Å². The molecule has 2 aliphatic rings. The molecule has 0 bridgehead atoms. The molecule has 6 heteroatoms. The first kappa shape index (κ1) is 13.1. The molecule has 2 heterocycles. The van der Waals surface area contributed by atoms with Gasteiger partial charge in [0.05, 0.1) is 12.1 Å². The van der Waals surface area contributed by atoms with Crippen molar-refractivity contribution in [1.82, 2.24) is 9.80 Å². The second-order valence-corrected chi connectivity index (χ2v) is 5.49. The summed E-state index contributed by atoms with van der Waals surface area (Å²) < 4.78 is 0. The van der Waals surface area contributed by atoms with Gasteiger partial charge >= 0.3 is 12.0 Å². The number of carboxylic acid groups (broad SMARTS) is 1. The number of carboxylic acids is 1. The molecule has 102 valence electrons. The summed E-state index contributed by atoms with van der Waals surface area (Å²) >= 11 is 0. The van der Waals surface area contributed by atoms with Gasteiger partial charge in [0.2, 0.25) is 0 Å². The predicted molar refractivity (Wildman–Crippen MR) is 64.2 cm³/mol. The van der Waals surface area contributed by atoms with E-state index in [1.165, 1.54) is 4.90 Å². The zero-order valence-electron chi connectivity index (χ0n) is 10.6. The summed E-state index contributed by atoms with van der Waals surface area (Å²) in [5.74, 6) is -0.940. The number of β-amino-alcohol motifs (C(OH)–C–C–N with tert-alkyl or cyclic N) is 1. The minimum absolute atomic E-state index is 0.250. The van der Waals surface area contributed by atoms with Gasteiger partial charge in [0.15, 0.2) is 0 Å². The molecule has 0 saturated carbocycles. The number of carbonyl (C=O) groups is 2. The molecule has 2 aliphatic heterocycles. The van der Waals surface area contributed by atoms with Crippen LogP contribution < -0.4 is 0 Å².